The maximum absolute atomic E-state index is 12.2. The number of para-hydroxylation sites is 1. The number of anilines is 1. The molecule has 26 heavy (non-hydrogen) atoms. The number of carbonyl (C=O) groups is 1. The molecule has 0 aliphatic rings. The van der Waals surface area contributed by atoms with Crippen molar-refractivity contribution in [3.63, 3.8) is 0 Å². The molecule has 0 saturated carbocycles. The average molecular weight is 352 g/mol. The molecule has 0 unspecified atom stereocenters. The topological polar surface area (TPSA) is 89.3 Å². The van der Waals surface area contributed by atoms with Crippen LogP contribution in [-0.2, 0) is 13.0 Å². The first-order valence-corrected chi connectivity index (χ1v) is 8.19. The van der Waals surface area contributed by atoms with E-state index in [0.29, 0.717) is 30.4 Å². The zero-order valence-electron chi connectivity index (χ0n) is 14.7. The van der Waals surface area contributed by atoms with Crippen molar-refractivity contribution in [3.05, 3.63) is 71.4 Å². The number of nitrogens with one attached hydrogen (secondary N) is 2. The van der Waals surface area contributed by atoms with Crippen LogP contribution in [0.4, 0.5) is 10.5 Å². The van der Waals surface area contributed by atoms with Gasteiger partial charge in [0.05, 0.1) is 13.5 Å². The maximum atomic E-state index is 12.2. The number of urea groups is 1. The van der Waals surface area contributed by atoms with Crippen molar-refractivity contribution in [2.24, 2.45) is 0 Å². The fraction of sp³-hybridized carbons (Fsp3) is 0.211. The highest BCUT2D eigenvalue weighted by atomic mass is 16.5. The van der Waals surface area contributed by atoms with E-state index in [0.717, 1.165) is 16.9 Å². The van der Waals surface area contributed by atoms with Crippen LogP contribution in [0.5, 0.6) is 5.75 Å². The van der Waals surface area contributed by atoms with E-state index in [-0.39, 0.29) is 6.03 Å². The van der Waals surface area contributed by atoms with E-state index in [2.05, 4.69) is 20.8 Å². The molecule has 7 nitrogen and oxygen atoms in total. The molecule has 0 radical (unpaired) electrons. The first kappa shape index (κ1) is 17.5. The quantitative estimate of drug-likeness (QED) is 0.710. The molecule has 7 heteroatoms. The molecule has 3 aromatic rings. The summed E-state index contributed by atoms with van der Waals surface area (Å²) in [6.45, 7) is 2.19. The predicted molar refractivity (Wildman–Crippen MR) is 97.1 cm³/mol. The van der Waals surface area contributed by atoms with Crippen molar-refractivity contribution < 1.29 is 14.1 Å². The zero-order valence-corrected chi connectivity index (χ0v) is 14.7. The van der Waals surface area contributed by atoms with Crippen molar-refractivity contribution in [2.75, 3.05) is 12.4 Å². The Morgan fingerprint density at radius 1 is 1.15 bits per heavy atom. The SMILES string of the molecule is COc1ccc(CNC(=O)Nc2ccccc2Cc2nc(C)no2)cc1. The van der Waals surface area contributed by atoms with Gasteiger partial charge in [-0.2, -0.15) is 4.98 Å². The van der Waals surface area contributed by atoms with Crippen molar-refractivity contribution in [1.82, 2.24) is 15.5 Å². The van der Waals surface area contributed by atoms with Gasteiger partial charge in [0.25, 0.3) is 0 Å². The van der Waals surface area contributed by atoms with Crippen LogP contribution in [0.25, 0.3) is 0 Å². The number of hydrogen-bond donors (Lipinski definition) is 2. The molecule has 0 bridgehead atoms. The highest BCUT2D eigenvalue weighted by Crippen LogP contribution is 2.18. The second kappa shape index (κ2) is 8.15. The van der Waals surface area contributed by atoms with Gasteiger partial charge >= 0.3 is 6.03 Å². The number of aromatic nitrogens is 2. The molecule has 0 aliphatic heterocycles. The van der Waals surface area contributed by atoms with E-state index in [1.165, 1.54) is 0 Å². The third kappa shape index (κ3) is 4.60. The number of benzene rings is 2. The van der Waals surface area contributed by atoms with E-state index >= 15 is 0 Å². The summed E-state index contributed by atoms with van der Waals surface area (Å²) >= 11 is 0. The van der Waals surface area contributed by atoms with Crippen molar-refractivity contribution in [2.45, 2.75) is 19.9 Å². The average Bonchev–Trinajstić information content (AvgIpc) is 3.07. The third-order valence-corrected chi connectivity index (χ3v) is 3.79. The second-order valence-corrected chi connectivity index (χ2v) is 5.73. The Balaban J connectivity index is 1.60. The molecule has 0 saturated heterocycles. The van der Waals surface area contributed by atoms with Crippen LogP contribution in [0.15, 0.2) is 53.1 Å². The molecule has 134 valence electrons. The molecule has 3 rings (SSSR count). The van der Waals surface area contributed by atoms with Crippen molar-refractivity contribution in [3.8, 4) is 5.75 Å². The smallest absolute Gasteiger partial charge is 0.319 e. The van der Waals surface area contributed by atoms with Crippen LogP contribution in [0.2, 0.25) is 0 Å². The molecular formula is C19H20N4O3. The molecule has 0 aliphatic carbocycles. The summed E-state index contributed by atoms with van der Waals surface area (Å²) in [5.74, 6) is 1.88. The van der Waals surface area contributed by atoms with Crippen LogP contribution in [0, 0.1) is 6.92 Å². The lowest BCUT2D eigenvalue weighted by Crippen LogP contribution is -2.28. The molecule has 2 amide bonds. The normalized spacial score (nSPS) is 10.4. The van der Waals surface area contributed by atoms with Crippen LogP contribution >= 0.6 is 0 Å². The Labute approximate surface area is 151 Å². The van der Waals surface area contributed by atoms with Gasteiger partial charge in [0.1, 0.15) is 5.75 Å². The van der Waals surface area contributed by atoms with E-state index in [9.17, 15) is 4.79 Å². The van der Waals surface area contributed by atoms with E-state index in [4.69, 9.17) is 9.26 Å². The molecular weight excluding hydrogens is 332 g/mol. The van der Waals surface area contributed by atoms with Gasteiger partial charge in [-0.15, -0.1) is 0 Å². The Kier molecular flexibility index (Phi) is 5.48. The minimum Gasteiger partial charge on any atom is -0.497 e. The summed E-state index contributed by atoms with van der Waals surface area (Å²) in [6, 6.07) is 14.8. The standard InChI is InChI=1S/C19H20N4O3/c1-13-21-18(26-23-13)11-15-5-3-4-6-17(15)22-19(24)20-12-14-7-9-16(25-2)10-8-14/h3-10H,11-12H2,1-2H3,(H2,20,22,24). The van der Waals surface area contributed by atoms with Gasteiger partial charge in [0, 0.05) is 12.2 Å². The number of hydrogen-bond acceptors (Lipinski definition) is 5. The van der Waals surface area contributed by atoms with Gasteiger partial charge in [-0.25, -0.2) is 4.79 Å². The molecule has 1 heterocycles. The maximum Gasteiger partial charge on any atom is 0.319 e. The summed E-state index contributed by atoms with van der Waals surface area (Å²) in [5.41, 5.74) is 2.59. The zero-order chi connectivity index (χ0) is 18.4. The van der Waals surface area contributed by atoms with Crippen LogP contribution < -0.4 is 15.4 Å². The van der Waals surface area contributed by atoms with Gasteiger partial charge in [-0.05, 0) is 36.2 Å². The number of amides is 2. The molecule has 2 N–H and O–H groups in total. The lowest BCUT2D eigenvalue weighted by molar-refractivity contribution is 0.251. The number of carbonyl (C=O) groups excluding carboxylic acids is 1. The number of aryl methyl sites for hydroxylation is 1. The van der Waals surface area contributed by atoms with Gasteiger partial charge in [-0.3, -0.25) is 0 Å². The Hall–Kier alpha value is -3.35. The number of ether oxygens (including phenoxy) is 1. The van der Waals surface area contributed by atoms with Crippen LogP contribution in [0.1, 0.15) is 22.8 Å². The number of methoxy groups -OCH3 is 1. The highest BCUT2D eigenvalue weighted by Gasteiger charge is 2.10. The van der Waals surface area contributed by atoms with E-state index in [1.807, 2.05) is 48.5 Å². The first-order chi connectivity index (χ1) is 12.6. The van der Waals surface area contributed by atoms with Gasteiger partial charge in [0.2, 0.25) is 5.89 Å². The predicted octanol–water partition coefficient (Wildman–Crippen LogP) is 3.30. The number of rotatable bonds is 6. The molecule has 0 spiro atoms. The Morgan fingerprint density at radius 3 is 2.62 bits per heavy atom. The monoisotopic (exact) mass is 352 g/mol. The Morgan fingerprint density at radius 2 is 1.92 bits per heavy atom. The summed E-state index contributed by atoms with van der Waals surface area (Å²) in [4.78, 5) is 16.4. The molecule has 0 fully saturated rings. The van der Waals surface area contributed by atoms with Crippen LogP contribution in [-0.4, -0.2) is 23.3 Å². The van der Waals surface area contributed by atoms with E-state index < -0.39 is 0 Å². The molecule has 0 atom stereocenters. The van der Waals surface area contributed by atoms with Crippen molar-refractivity contribution in [1.29, 1.82) is 0 Å². The lowest BCUT2D eigenvalue weighted by atomic mass is 10.1. The summed E-state index contributed by atoms with van der Waals surface area (Å²) in [5, 5.41) is 9.49. The fourth-order valence-electron chi connectivity index (χ4n) is 2.46. The molecule has 2 aromatic carbocycles. The summed E-state index contributed by atoms with van der Waals surface area (Å²) in [7, 11) is 1.62. The summed E-state index contributed by atoms with van der Waals surface area (Å²) < 4.78 is 10.3. The highest BCUT2D eigenvalue weighted by molar-refractivity contribution is 5.90. The largest absolute Gasteiger partial charge is 0.497 e. The molecule has 1 aromatic heterocycles. The minimum atomic E-state index is -0.282. The Bertz CT molecular complexity index is 875. The minimum absolute atomic E-state index is 0.282. The second-order valence-electron chi connectivity index (χ2n) is 5.73. The van der Waals surface area contributed by atoms with Crippen molar-refractivity contribution >= 4 is 11.7 Å². The van der Waals surface area contributed by atoms with Gasteiger partial charge in [-0.1, -0.05) is 35.5 Å². The first-order valence-electron chi connectivity index (χ1n) is 8.19. The van der Waals surface area contributed by atoms with Crippen LogP contribution in [0.3, 0.4) is 0 Å². The lowest BCUT2D eigenvalue weighted by Gasteiger charge is -2.11. The fourth-order valence-corrected chi connectivity index (χ4v) is 2.46. The van der Waals surface area contributed by atoms with Gasteiger partial charge < -0.3 is 19.9 Å². The third-order valence-electron chi connectivity index (χ3n) is 3.79. The number of nitrogens with zero attached hydrogens (tertiary/aromatic N) is 2. The summed E-state index contributed by atoms with van der Waals surface area (Å²) in [6.07, 6.45) is 0.454. The van der Waals surface area contributed by atoms with E-state index in [1.54, 1.807) is 14.0 Å². The van der Waals surface area contributed by atoms with Gasteiger partial charge in [0.15, 0.2) is 5.82 Å².